The zero-order valence-corrected chi connectivity index (χ0v) is 12.0. The highest BCUT2D eigenvalue weighted by Crippen LogP contribution is 2.40. The molecule has 0 unspecified atom stereocenters. The highest BCUT2D eigenvalue weighted by atomic mass is 14.3. The van der Waals surface area contributed by atoms with Crippen LogP contribution >= 0.6 is 0 Å². The first kappa shape index (κ1) is 11.7. The van der Waals surface area contributed by atoms with Crippen molar-refractivity contribution in [2.75, 3.05) is 0 Å². The number of allylic oxidation sites excluding steroid dienone is 6. The monoisotopic (exact) mass is 258 g/mol. The summed E-state index contributed by atoms with van der Waals surface area (Å²) in [4.78, 5) is 0. The molecular formula is C20H18. The Morgan fingerprint density at radius 2 is 1.60 bits per heavy atom. The molecule has 0 bridgehead atoms. The van der Waals surface area contributed by atoms with Crippen molar-refractivity contribution in [3.05, 3.63) is 77.4 Å². The second kappa shape index (κ2) is 3.96. The molecule has 0 fully saturated rings. The minimum atomic E-state index is 0.154. The molecule has 98 valence electrons. The fraction of sp³-hybridized carbons (Fsp3) is 0.200. The fourth-order valence-electron chi connectivity index (χ4n) is 3.17. The third-order valence-corrected chi connectivity index (χ3v) is 4.38. The molecule has 0 nitrogen and oxygen atoms in total. The van der Waals surface area contributed by atoms with Crippen LogP contribution in [0.3, 0.4) is 0 Å². The lowest BCUT2D eigenvalue weighted by molar-refractivity contribution is 0.627. The largest absolute Gasteiger partial charge is 0.0748 e. The molecule has 0 saturated heterocycles. The highest BCUT2D eigenvalue weighted by Gasteiger charge is 2.22. The van der Waals surface area contributed by atoms with E-state index in [2.05, 4.69) is 74.5 Å². The van der Waals surface area contributed by atoms with E-state index in [0.29, 0.717) is 0 Å². The Hall–Kier alpha value is -2.08. The first-order valence-corrected chi connectivity index (χ1v) is 7.26. The first-order chi connectivity index (χ1) is 9.62. The van der Waals surface area contributed by atoms with Gasteiger partial charge in [-0.25, -0.2) is 0 Å². The lowest BCUT2D eigenvalue weighted by Gasteiger charge is -2.13. The van der Waals surface area contributed by atoms with E-state index >= 15 is 0 Å². The van der Waals surface area contributed by atoms with E-state index in [1.54, 1.807) is 0 Å². The number of fused-ring (bicyclic) bond motifs is 3. The van der Waals surface area contributed by atoms with Gasteiger partial charge in [0.15, 0.2) is 0 Å². The van der Waals surface area contributed by atoms with Crippen LogP contribution in [0.15, 0.2) is 66.3 Å². The topological polar surface area (TPSA) is 0 Å². The summed E-state index contributed by atoms with van der Waals surface area (Å²) in [6.45, 7) is 4.51. The normalized spacial score (nSPS) is 19.1. The Labute approximate surface area is 120 Å². The van der Waals surface area contributed by atoms with Crippen LogP contribution in [0.4, 0.5) is 0 Å². The molecule has 0 atom stereocenters. The van der Waals surface area contributed by atoms with Gasteiger partial charge < -0.3 is 0 Å². The number of hydrogen-bond acceptors (Lipinski definition) is 0. The molecule has 20 heavy (non-hydrogen) atoms. The first-order valence-electron chi connectivity index (χ1n) is 7.26. The van der Waals surface area contributed by atoms with Crippen LogP contribution in [-0.2, 0) is 6.42 Å². The van der Waals surface area contributed by atoms with Crippen LogP contribution in [-0.4, -0.2) is 0 Å². The van der Waals surface area contributed by atoms with Gasteiger partial charge in [-0.05, 0) is 45.5 Å². The van der Waals surface area contributed by atoms with Gasteiger partial charge in [-0.3, -0.25) is 0 Å². The number of benzene rings is 2. The second-order valence-corrected chi connectivity index (χ2v) is 6.46. The van der Waals surface area contributed by atoms with Gasteiger partial charge in [-0.2, -0.15) is 0 Å². The lowest BCUT2D eigenvalue weighted by atomic mass is 9.92. The third kappa shape index (κ3) is 1.76. The molecule has 0 heterocycles. The Kier molecular flexibility index (Phi) is 2.32. The lowest BCUT2D eigenvalue weighted by Crippen LogP contribution is -2.01. The summed E-state index contributed by atoms with van der Waals surface area (Å²) in [5.74, 6) is 0. The summed E-state index contributed by atoms with van der Waals surface area (Å²) in [6.07, 6.45) is 10.3. The molecule has 2 aromatic rings. The van der Waals surface area contributed by atoms with Crippen molar-refractivity contribution in [2.24, 2.45) is 5.41 Å². The van der Waals surface area contributed by atoms with E-state index in [0.717, 1.165) is 6.42 Å². The minimum Gasteiger partial charge on any atom is -0.0748 e. The molecule has 2 aliphatic rings. The Balaban J connectivity index is 1.91. The highest BCUT2D eigenvalue weighted by molar-refractivity contribution is 5.93. The van der Waals surface area contributed by atoms with Gasteiger partial charge in [0.05, 0.1) is 0 Å². The Morgan fingerprint density at radius 1 is 0.900 bits per heavy atom. The van der Waals surface area contributed by atoms with E-state index in [4.69, 9.17) is 0 Å². The maximum absolute atomic E-state index is 2.35. The molecular weight excluding hydrogens is 240 g/mol. The molecule has 0 spiro atoms. The molecule has 0 aromatic heterocycles. The van der Waals surface area contributed by atoms with Crippen LogP contribution in [0.25, 0.3) is 16.3 Å². The van der Waals surface area contributed by atoms with Crippen LogP contribution in [0, 0.1) is 5.41 Å². The number of hydrogen-bond donors (Lipinski definition) is 0. The summed E-state index contributed by atoms with van der Waals surface area (Å²) < 4.78 is 0. The average molecular weight is 258 g/mol. The standard InChI is InChI=1S/C20H18/c1-20(2)9-7-16-12-17-11-14-5-3-4-6-15(14)13-19(17)18(16)8-10-20/h3-11,13H,12H2,1-2H3. The molecule has 0 radical (unpaired) electrons. The predicted molar refractivity (Wildman–Crippen MR) is 86.6 cm³/mol. The summed E-state index contributed by atoms with van der Waals surface area (Å²) in [7, 11) is 0. The van der Waals surface area contributed by atoms with E-state index in [-0.39, 0.29) is 5.41 Å². The molecule has 0 aliphatic heterocycles. The summed E-state index contributed by atoms with van der Waals surface area (Å²) in [6, 6.07) is 13.3. The maximum atomic E-state index is 2.35. The fourth-order valence-corrected chi connectivity index (χ4v) is 3.17. The molecule has 4 rings (SSSR count). The van der Waals surface area contributed by atoms with Gasteiger partial charge in [0, 0.05) is 5.41 Å². The Morgan fingerprint density at radius 3 is 2.40 bits per heavy atom. The molecule has 2 aromatic carbocycles. The van der Waals surface area contributed by atoms with E-state index < -0.39 is 0 Å². The van der Waals surface area contributed by atoms with Crippen LogP contribution in [0.5, 0.6) is 0 Å². The smallest absolute Gasteiger partial charge is 0.00110 e. The number of rotatable bonds is 0. The van der Waals surface area contributed by atoms with E-state index in [1.807, 2.05) is 0 Å². The molecule has 2 aliphatic carbocycles. The van der Waals surface area contributed by atoms with Crippen molar-refractivity contribution in [2.45, 2.75) is 20.3 Å². The third-order valence-electron chi connectivity index (χ3n) is 4.38. The van der Waals surface area contributed by atoms with Crippen molar-refractivity contribution in [3.63, 3.8) is 0 Å². The van der Waals surface area contributed by atoms with Crippen molar-refractivity contribution in [3.8, 4) is 0 Å². The SMILES string of the molecule is CC1(C)C=CC2=C(C=C1)c1cc3ccccc3cc1C2. The Bertz CT molecular complexity index is 798. The van der Waals surface area contributed by atoms with Gasteiger partial charge in [0.2, 0.25) is 0 Å². The molecule has 0 N–H and O–H groups in total. The minimum absolute atomic E-state index is 0.154. The van der Waals surface area contributed by atoms with Crippen molar-refractivity contribution in [1.82, 2.24) is 0 Å². The zero-order valence-electron chi connectivity index (χ0n) is 12.0. The quantitative estimate of drug-likeness (QED) is 0.601. The van der Waals surface area contributed by atoms with E-state index in [9.17, 15) is 0 Å². The van der Waals surface area contributed by atoms with Gasteiger partial charge in [0.25, 0.3) is 0 Å². The van der Waals surface area contributed by atoms with Crippen LogP contribution in [0.1, 0.15) is 25.0 Å². The van der Waals surface area contributed by atoms with Gasteiger partial charge in [0.1, 0.15) is 0 Å². The zero-order chi connectivity index (χ0) is 13.7. The van der Waals surface area contributed by atoms with Crippen LogP contribution in [0.2, 0.25) is 0 Å². The average Bonchev–Trinajstić information content (AvgIpc) is 2.69. The molecule has 0 saturated carbocycles. The van der Waals surface area contributed by atoms with E-state index in [1.165, 1.54) is 33.0 Å². The van der Waals surface area contributed by atoms with Crippen molar-refractivity contribution in [1.29, 1.82) is 0 Å². The van der Waals surface area contributed by atoms with Crippen molar-refractivity contribution >= 4 is 16.3 Å². The molecule has 0 heteroatoms. The van der Waals surface area contributed by atoms with Crippen LogP contribution < -0.4 is 0 Å². The summed E-state index contributed by atoms with van der Waals surface area (Å²) >= 11 is 0. The van der Waals surface area contributed by atoms with Gasteiger partial charge in [-0.1, -0.05) is 68.5 Å². The molecule has 0 amide bonds. The maximum Gasteiger partial charge on any atom is 0.00110 e. The van der Waals surface area contributed by atoms with Gasteiger partial charge in [-0.15, -0.1) is 0 Å². The second-order valence-electron chi connectivity index (χ2n) is 6.46. The summed E-state index contributed by atoms with van der Waals surface area (Å²) in [5, 5.41) is 2.68. The predicted octanol–water partition coefficient (Wildman–Crippen LogP) is 5.30. The summed E-state index contributed by atoms with van der Waals surface area (Å²) in [5.41, 5.74) is 5.89. The van der Waals surface area contributed by atoms with Gasteiger partial charge >= 0.3 is 0 Å². The van der Waals surface area contributed by atoms with Crippen molar-refractivity contribution < 1.29 is 0 Å².